The summed E-state index contributed by atoms with van der Waals surface area (Å²) in [6.45, 7) is 9.58. The Balaban J connectivity index is 5.26. The van der Waals surface area contributed by atoms with Gasteiger partial charge in [-0.15, -0.1) is 0 Å². The van der Waals surface area contributed by atoms with E-state index in [9.17, 15) is 43.2 Å². The number of carbonyl (C=O) groups is 4. The lowest BCUT2D eigenvalue weighted by Crippen LogP contribution is -2.30. The quantitative estimate of drug-likeness (QED) is 0.0222. The molecule has 2 unspecified atom stereocenters. The molecule has 0 rings (SSSR count). The molecule has 0 bridgehead atoms. The van der Waals surface area contributed by atoms with Crippen LogP contribution in [0.5, 0.6) is 0 Å². The lowest BCUT2D eigenvalue weighted by atomic mass is 10.0. The van der Waals surface area contributed by atoms with Gasteiger partial charge in [0.15, 0.2) is 12.2 Å². The number of phosphoric ester groups is 2. The average Bonchev–Trinajstić information content (AvgIpc) is 2.57. The Labute approximate surface area is 568 Å². The Hall–Kier alpha value is -1.94. The highest BCUT2D eigenvalue weighted by Crippen LogP contribution is 2.45. The van der Waals surface area contributed by atoms with E-state index in [2.05, 4.69) is 41.5 Å². The van der Waals surface area contributed by atoms with E-state index in [4.69, 9.17) is 37.0 Å². The zero-order valence-corrected chi connectivity index (χ0v) is 62.3. The third-order valence-corrected chi connectivity index (χ3v) is 19.1. The molecule has 552 valence electrons. The number of esters is 4. The molecule has 19 heteroatoms. The molecular formula is C74H144O17P2. The molecule has 0 heterocycles. The summed E-state index contributed by atoms with van der Waals surface area (Å²) >= 11 is 0. The van der Waals surface area contributed by atoms with Gasteiger partial charge in [0.25, 0.3) is 0 Å². The van der Waals surface area contributed by atoms with E-state index in [1.807, 2.05) is 0 Å². The van der Waals surface area contributed by atoms with Crippen LogP contribution in [-0.2, 0) is 65.4 Å². The van der Waals surface area contributed by atoms with E-state index in [0.29, 0.717) is 25.7 Å². The highest BCUT2D eigenvalue weighted by Gasteiger charge is 2.30. The van der Waals surface area contributed by atoms with E-state index >= 15 is 0 Å². The summed E-state index contributed by atoms with van der Waals surface area (Å²) in [4.78, 5) is 72.8. The first-order chi connectivity index (χ1) is 44.9. The number of unbranched alkanes of at least 4 members (excludes halogenated alkanes) is 43. The van der Waals surface area contributed by atoms with E-state index in [0.717, 1.165) is 102 Å². The molecule has 3 N–H and O–H groups in total. The first kappa shape index (κ1) is 91.1. The Morgan fingerprint density at radius 1 is 0.290 bits per heavy atom. The predicted octanol–water partition coefficient (Wildman–Crippen LogP) is 21.6. The van der Waals surface area contributed by atoms with Crippen molar-refractivity contribution in [3.63, 3.8) is 0 Å². The van der Waals surface area contributed by atoms with Crippen molar-refractivity contribution in [3.8, 4) is 0 Å². The number of phosphoric acid groups is 2. The average molecular weight is 1370 g/mol. The summed E-state index contributed by atoms with van der Waals surface area (Å²) in [6.07, 6.45) is 52.5. The van der Waals surface area contributed by atoms with Gasteiger partial charge in [-0.05, 0) is 37.5 Å². The second kappa shape index (κ2) is 66.0. The lowest BCUT2D eigenvalue weighted by Gasteiger charge is -2.21. The van der Waals surface area contributed by atoms with Gasteiger partial charge in [0, 0.05) is 25.7 Å². The molecule has 0 spiro atoms. The third kappa shape index (κ3) is 68.4. The van der Waals surface area contributed by atoms with Gasteiger partial charge in [-0.2, -0.15) is 0 Å². The minimum atomic E-state index is -4.95. The van der Waals surface area contributed by atoms with Crippen LogP contribution in [0, 0.1) is 11.8 Å². The zero-order valence-electron chi connectivity index (χ0n) is 60.6. The van der Waals surface area contributed by atoms with Crippen LogP contribution in [0.3, 0.4) is 0 Å². The van der Waals surface area contributed by atoms with Gasteiger partial charge in [0.2, 0.25) is 0 Å². The smallest absolute Gasteiger partial charge is 0.462 e. The van der Waals surface area contributed by atoms with Crippen LogP contribution in [0.15, 0.2) is 0 Å². The minimum absolute atomic E-state index is 0.107. The van der Waals surface area contributed by atoms with Crippen LogP contribution in [0.4, 0.5) is 0 Å². The number of aliphatic hydroxyl groups is 1. The summed E-state index contributed by atoms with van der Waals surface area (Å²) in [5, 5.41) is 10.6. The molecule has 0 aliphatic heterocycles. The minimum Gasteiger partial charge on any atom is -0.462 e. The summed E-state index contributed by atoms with van der Waals surface area (Å²) < 4.78 is 68.5. The summed E-state index contributed by atoms with van der Waals surface area (Å²) in [5.74, 6) is -0.595. The van der Waals surface area contributed by atoms with Crippen molar-refractivity contribution in [2.24, 2.45) is 11.8 Å². The number of aliphatic hydroxyl groups excluding tert-OH is 1. The van der Waals surface area contributed by atoms with Crippen molar-refractivity contribution in [3.05, 3.63) is 0 Å². The summed E-state index contributed by atoms with van der Waals surface area (Å²) in [5.41, 5.74) is 0. The fourth-order valence-corrected chi connectivity index (χ4v) is 12.9. The summed E-state index contributed by atoms with van der Waals surface area (Å²) in [6, 6.07) is 0. The van der Waals surface area contributed by atoms with E-state index in [1.54, 1.807) is 0 Å². The molecular weight excluding hydrogens is 1220 g/mol. The lowest BCUT2D eigenvalue weighted by molar-refractivity contribution is -0.161. The van der Waals surface area contributed by atoms with Gasteiger partial charge in [-0.3, -0.25) is 37.3 Å². The van der Waals surface area contributed by atoms with E-state index in [1.165, 1.54) is 199 Å². The van der Waals surface area contributed by atoms with Crippen LogP contribution in [0.25, 0.3) is 0 Å². The molecule has 0 radical (unpaired) electrons. The first-order valence-electron chi connectivity index (χ1n) is 38.5. The topological polar surface area (TPSA) is 237 Å². The SMILES string of the molecule is CCCCCCCCCCCCCCCC(=O)OC[C@H](COP(=O)(O)OC[C@@H](O)COP(=O)(O)OC[C@@H](COC(=O)CCCCCCCCCCCC(C)C)OC(=O)CCCCCCCCCCCCCCC)OC(=O)CCCCCCCCCCCCCCC(C)C. The van der Waals surface area contributed by atoms with Crippen LogP contribution in [-0.4, -0.2) is 96.7 Å². The Morgan fingerprint density at radius 3 is 0.731 bits per heavy atom. The second-order valence-corrected chi connectivity index (χ2v) is 30.5. The maximum absolute atomic E-state index is 13.1. The van der Waals surface area contributed by atoms with Crippen LogP contribution in [0.1, 0.15) is 382 Å². The van der Waals surface area contributed by atoms with Crippen molar-refractivity contribution < 1.29 is 80.2 Å². The molecule has 0 aromatic carbocycles. The normalized spacial score (nSPS) is 14.1. The van der Waals surface area contributed by atoms with Gasteiger partial charge < -0.3 is 33.8 Å². The molecule has 0 saturated carbocycles. The largest absolute Gasteiger partial charge is 0.472 e. The van der Waals surface area contributed by atoms with Crippen molar-refractivity contribution in [1.82, 2.24) is 0 Å². The highest BCUT2D eigenvalue weighted by atomic mass is 31.2. The van der Waals surface area contributed by atoms with E-state index < -0.39 is 97.5 Å². The molecule has 17 nitrogen and oxygen atoms in total. The van der Waals surface area contributed by atoms with Crippen LogP contribution in [0.2, 0.25) is 0 Å². The molecule has 93 heavy (non-hydrogen) atoms. The van der Waals surface area contributed by atoms with Crippen molar-refractivity contribution >= 4 is 39.5 Å². The number of hydrogen-bond donors (Lipinski definition) is 3. The fraction of sp³-hybridized carbons (Fsp3) is 0.946. The molecule has 0 aromatic rings. The standard InChI is InChI=1S/C74H144O17P2/c1-7-9-11-13-15-17-19-21-26-32-38-44-50-56-71(76)84-62-69(90-74(79)59-53-47-41-34-28-24-23-25-30-36-42-48-54-66(3)4)64-88-92(80,81)86-60-68(75)61-87-93(82,83)89-65-70(63-85-72(77)57-51-45-39-35-29-31-37-43-49-55-67(5)6)91-73(78)58-52-46-40-33-27-22-20-18-16-14-12-10-8-2/h66-70,75H,7-65H2,1-6H3,(H,80,81)(H,82,83)/t68-,69-,70-/m1/s1. The fourth-order valence-electron chi connectivity index (χ4n) is 11.3. The van der Waals surface area contributed by atoms with Gasteiger partial charge in [0.1, 0.15) is 19.3 Å². The Bertz CT molecular complexity index is 1800. The molecule has 0 saturated heterocycles. The van der Waals surface area contributed by atoms with Gasteiger partial charge in [-0.25, -0.2) is 9.13 Å². The first-order valence-corrected chi connectivity index (χ1v) is 41.5. The number of hydrogen-bond acceptors (Lipinski definition) is 15. The molecule has 0 aliphatic rings. The molecule has 0 aromatic heterocycles. The van der Waals surface area contributed by atoms with Crippen LogP contribution < -0.4 is 0 Å². The third-order valence-electron chi connectivity index (χ3n) is 17.2. The van der Waals surface area contributed by atoms with Gasteiger partial charge in [-0.1, -0.05) is 330 Å². The molecule has 0 fully saturated rings. The monoisotopic (exact) mass is 1370 g/mol. The summed E-state index contributed by atoms with van der Waals surface area (Å²) in [7, 11) is -9.91. The number of ether oxygens (including phenoxy) is 4. The van der Waals surface area contributed by atoms with Gasteiger partial charge >= 0.3 is 39.5 Å². The van der Waals surface area contributed by atoms with Crippen molar-refractivity contribution in [2.75, 3.05) is 39.6 Å². The number of carbonyl (C=O) groups excluding carboxylic acids is 4. The molecule has 0 aliphatic carbocycles. The zero-order chi connectivity index (χ0) is 68.6. The Kier molecular flexibility index (Phi) is 64.6. The van der Waals surface area contributed by atoms with E-state index in [-0.39, 0.29) is 25.7 Å². The Morgan fingerprint density at radius 2 is 0.495 bits per heavy atom. The number of rotatable bonds is 73. The van der Waals surface area contributed by atoms with Crippen molar-refractivity contribution in [1.29, 1.82) is 0 Å². The maximum Gasteiger partial charge on any atom is 0.472 e. The maximum atomic E-state index is 13.1. The van der Waals surface area contributed by atoms with Crippen molar-refractivity contribution in [2.45, 2.75) is 400 Å². The van der Waals surface area contributed by atoms with Crippen LogP contribution >= 0.6 is 15.6 Å². The van der Waals surface area contributed by atoms with Gasteiger partial charge in [0.05, 0.1) is 26.4 Å². The second-order valence-electron chi connectivity index (χ2n) is 27.6. The molecule has 5 atom stereocenters. The predicted molar refractivity (Wildman–Crippen MR) is 377 cm³/mol. The highest BCUT2D eigenvalue weighted by molar-refractivity contribution is 7.47. The molecule has 0 amide bonds.